The number of aliphatic hydroxyl groups is 3. The third-order valence-corrected chi connectivity index (χ3v) is 4.03. The van der Waals surface area contributed by atoms with Gasteiger partial charge < -0.3 is 35.3 Å². The lowest BCUT2D eigenvalue weighted by Gasteiger charge is -2.41. The molecule has 0 bridgehead atoms. The van der Waals surface area contributed by atoms with Crippen LogP contribution in [0.4, 0.5) is 0 Å². The van der Waals surface area contributed by atoms with Gasteiger partial charge in [-0.3, -0.25) is 0 Å². The highest BCUT2D eigenvalue weighted by Crippen LogP contribution is 2.24. The minimum Gasteiger partial charge on any atom is -0.394 e. The molecule has 0 aromatic carbocycles. The summed E-state index contributed by atoms with van der Waals surface area (Å²) in [6, 6.07) is 0. The monoisotopic (exact) mass is 335 g/mol. The summed E-state index contributed by atoms with van der Waals surface area (Å²) >= 11 is 0. The minimum atomic E-state index is -1.21. The fraction of sp³-hybridized carbons (Fsp3) is 1.00. The van der Waals surface area contributed by atoms with E-state index in [2.05, 4.69) is 6.92 Å². The standard InChI is InChI=1S/C16H33NO6/c1-2-3-4-5-6-7-9-22-16-14(20)13(19)15(21-10-8-17)12(11-18)23-16/h12-16,18-20H,2-11,17H2,1H3/t12-,13-,14-,15-,16-/m1/s1. The number of nitrogens with two attached hydrogens (primary N) is 1. The molecule has 0 aliphatic carbocycles. The Balaban J connectivity index is 2.33. The van der Waals surface area contributed by atoms with Crippen molar-refractivity contribution in [1.82, 2.24) is 0 Å². The molecule has 1 aliphatic heterocycles. The van der Waals surface area contributed by atoms with Crippen LogP contribution < -0.4 is 5.73 Å². The number of unbranched alkanes of at least 4 members (excludes halogenated alkanes) is 5. The van der Waals surface area contributed by atoms with Crippen LogP contribution in [0.1, 0.15) is 45.4 Å². The third-order valence-electron chi connectivity index (χ3n) is 4.03. The molecule has 0 radical (unpaired) electrons. The first-order valence-corrected chi connectivity index (χ1v) is 8.71. The number of hydrogen-bond donors (Lipinski definition) is 4. The molecule has 0 saturated carbocycles. The van der Waals surface area contributed by atoms with Crippen LogP contribution in [0.5, 0.6) is 0 Å². The van der Waals surface area contributed by atoms with Crippen LogP contribution in [0.2, 0.25) is 0 Å². The fourth-order valence-corrected chi connectivity index (χ4v) is 2.68. The van der Waals surface area contributed by atoms with Crippen LogP contribution in [0.3, 0.4) is 0 Å². The highest BCUT2D eigenvalue weighted by molar-refractivity contribution is 4.90. The molecule has 138 valence electrons. The Bertz CT molecular complexity index is 292. The Kier molecular flexibility index (Phi) is 11.0. The summed E-state index contributed by atoms with van der Waals surface area (Å²) in [5, 5.41) is 29.6. The zero-order valence-electron chi connectivity index (χ0n) is 14.1. The van der Waals surface area contributed by atoms with Gasteiger partial charge in [-0.05, 0) is 6.42 Å². The Labute approximate surface area is 138 Å². The van der Waals surface area contributed by atoms with Crippen molar-refractivity contribution in [2.45, 2.75) is 76.2 Å². The highest BCUT2D eigenvalue weighted by Gasteiger charge is 2.45. The van der Waals surface area contributed by atoms with E-state index in [0.717, 1.165) is 12.8 Å². The smallest absolute Gasteiger partial charge is 0.186 e. The predicted molar refractivity (Wildman–Crippen MR) is 85.9 cm³/mol. The average Bonchev–Trinajstić information content (AvgIpc) is 2.56. The van der Waals surface area contributed by atoms with Crippen molar-refractivity contribution in [3.63, 3.8) is 0 Å². The predicted octanol–water partition coefficient (Wildman–Crippen LogP) is 0.146. The van der Waals surface area contributed by atoms with Gasteiger partial charge >= 0.3 is 0 Å². The highest BCUT2D eigenvalue weighted by atomic mass is 16.7. The summed E-state index contributed by atoms with van der Waals surface area (Å²) in [5.41, 5.74) is 5.37. The van der Waals surface area contributed by atoms with Crippen LogP contribution in [-0.4, -0.2) is 72.4 Å². The first kappa shape index (κ1) is 20.8. The lowest BCUT2D eigenvalue weighted by molar-refractivity contribution is -0.307. The van der Waals surface area contributed by atoms with E-state index >= 15 is 0 Å². The molecule has 5 atom stereocenters. The van der Waals surface area contributed by atoms with Gasteiger partial charge in [0.2, 0.25) is 0 Å². The van der Waals surface area contributed by atoms with Crippen LogP contribution >= 0.6 is 0 Å². The van der Waals surface area contributed by atoms with Gasteiger partial charge in [0.05, 0.1) is 13.2 Å². The largest absolute Gasteiger partial charge is 0.394 e. The van der Waals surface area contributed by atoms with E-state index in [4.69, 9.17) is 19.9 Å². The molecule has 7 nitrogen and oxygen atoms in total. The minimum absolute atomic E-state index is 0.220. The van der Waals surface area contributed by atoms with Gasteiger partial charge in [-0.15, -0.1) is 0 Å². The van der Waals surface area contributed by atoms with Crippen molar-refractivity contribution < 1.29 is 29.5 Å². The average molecular weight is 335 g/mol. The molecule has 1 aliphatic rings. The van der Waals surface area contributed by atoms with Gasteiger partial charge in [0.15, 0.2) is 6.29 Å². The van der Waals surface area contributed by atoms with Crippen LogP contribution in [-0.2, 0) is 14.2 Å². The van der Waals surface area contributed by atoms with E-state index < -0.39 is 30.7 Å². The molecule has 1 saturated heterocycles. The second-order valence-electron chi connectivity index (χ2n) is 5.97. The molecule has 0 aromatic rings. The van der Waals surface area contributed by atoms with Crippen molar-refractivity contribution in [2.75, 3.05) is 26.4 Å². The summed E-state index contributed by atoms with van der Waals surface area (Å²) in [6.45, 7) is 2.81. The van der Waals surface area contributed by atoms with Crippen molar-refractivity contribution in [2.24, 2.45) is 5.73 Å². The van der Waals surface area contributed by atoms with Gasteiger partial charge in [-0.25, -0.2) is 0 Å². The maximum Gasteiger partial charge on any atom is 0.186 e. The van der Waals surface area contributed by atoms with Gasteiger partial charge in [0.25, 0.3) is 0 Å². The molecule has 0 amide bonds. The zero-order valence-corrected chi connectivity index (χ0v) is 14.1. The maximum atomic E-state index is 10.1. The third kappa shape index (κ3) is 7.01. The summed E-state index contributed by atoms with van der Waals surface area (Å²) in [5.74, 6) is 0. The normalized spacial score (nSPS) is 31.4. The Morgan fingerprint density at radius 1 is 0.957 bits per heavy atom. The Morgan fingerprint density at radius 3 is 2.30 bits per heavy atom. The van der Waals surface area contributed by atoms with E-state index in [1.807, 2.05) is 0 Å². The summed E-state index contributed by atoms with van der Waals surface area (Å²) in [6.07, 6.45) is 1.92. The molecule has 5 N–H and O–H groups in total. The van der Waals surface area contributed by atoms with E-state index in [0.29, 0.717) is 6.61 Å². The van der Waals surface area contributed by atoms with Crippen molar-refractivity contribution in [3.05, 3.63) is 0 Å². The van der Waals surface area contributed by atoms with Crippen LogP contribution in [0, 0.1) is 0 Å². The topological polar surface area (TPSA) is 114 Å². The van der Waals surface area contributed by atoms with Crippen LogP contribution in [0.25, 0.3) is 0 Å². The van der Waals surface area contributed by atoms with E-state index in [1.165, 1.54) is 25.7 Å². The molecule has 1 rings (SSSR count). The SMILES string of the molecule is CCCCCCCCO[C@@H]1O[C@H](CO)[C@@H](OCCN)[C@H](O)[C@H]1O. The lowest BCUT2D eigenvalue weighted by atomic mass is 9.99. The molecule has 0 spiro atoms. The molecular formula is C16H33NO6. The second-order valence-corrected chi connectivity index (χ2v) is 5.97. The van der Waals surface area contributed by atoms with Gasteiger partial charge in [-0.1, -0.05) is 39.0 Å². The first-order valence-electron chi connectivity index (χ1n) is 8.71. The van der Waals surface area contributed by atoms with Crippen molar-refractivity contribution >= 4 is 0 Å². The molecule has 0 unspecified atom stereocenters. The number of aliphatic hydroxyl groups excluding tert-OH is 3. The molecule has 1 fully saturated rings. The summed E-state index contributed by atoms with van der Waals surface area (Å²) in [4.78, 5) is 0. The summed E-state index contributed by atoms with van der Waals surface area (Å²) in [7, 11) is 0. The summed E-state index contributed by atoms with van der Waals surface area (Å²) < 4.78 is 16.4. The Hall–Kier alpha value is -0.280. The lowest BCUT2D eigenvalue weighted by Crippen LogP contribution is -2.60. The van der Waals surface area contributed by atoms with Gasteiger partial charge in [0.1, 0.15) is 24.4 Å². The Morgan fingerprint density at radius 2 is 1.65 bits per heavy atom. The first-order chi connectivity index (χ1) is 11.2. The zero-order chi connectivity index (χ0) is 17.1. The number of rotatable bonds is 12. The van der Waals surface area contributed by atoms with Crippen LogP contribution in [0.15, 0.2) is 0 Å². The van der Waals surface area contributed by atoms with Crippen molar-refractivity contribution in [1.29, 1.82) is 0 Å². The number of ether oxygens (including phenoxy) is 3. The van der Waals surface area contributed by atoms with E-state index in [-0.39, 0.29) is 19.8 Å². The molecular weight excluding hydrogens is 302 g/mol. The number of hydrogen-bond acceptors (Lipinski definition) is 7. The quantitative estimate of drug-likeness (QED) is 0.375. The maximum absolute atomic E-state index is 10.1. The fourth-order valence-electron chi connectivity index (χ4n) is 2.68. The van der Waals surface area contributed by atoms with Crippen molar-refractivity contribution in [3.8, 4) is 0 Å². The molecule has 0 aromatic heterocycles. The molecule has 23 heavy (non-hydrogen) atoms. The van der Waals surface area contributed by atoms with Gasteiger partial charge in [-0.2, -0.15) is 0 Å². The molecule has 7 heteroatoms. The second kappa shape index (κ2) is 12.1. The van der Waals surface area contributed by atoms with Gasteiger partial charge in [0, 0.05) is 13.2 Å². The molecule has 1 heterocycles. The van der Waals surface area contributed by atoms with E-state index in [9.17, 15) is 15.3 Å². The van der Waals surface area contributed by atoms with E-state index in [1.54, 1.807) is 0 Å².